The monoisotopic (exact) mass is 422 g/mol. The first kappa shape index (κ1) is 20.5. The lowest BCUT2D eigenvalue weighted by atomic mass is 10.0. The zero-order valence-corrected chi connectivity index (χ0v) is 17.5. The van der Waals surface area contributed by atoms with Gasteiger partial charge in [0.2, 0.25) is 10.0 Å². The predicted molar refractivity (Wildman–Crippen MR) is 112 cm³/mol. The summed E-state index contributed by atoms with van der Waals surface area (Å²) in [6, 6.07) is 12.3. The number of halogens is 1. The Bertz CT molecular complexity index is 974. The third-order valence-electron chi connectivity index (χ3n) is 4.59. The highest BCUT2D eigenvalue weighted by Gasteiger charge is 2.31. The maximum Gasteiger partial charge on any atom is 0.265 e. The van der Waals surface area contributed by atoms with E-state index in [1.54, 1.807) is 12.1 Å². The zero-order valence-electron chi connectivity index (χ0n) is 16.0. The van der Waals surface area contributed by atoms with E-state index in [9.17, 15) is 13.2 Å². The molecular formula is C20H23ClN2O4S. The van der Waals surface area contributed by atoms with Gasteiger partial charge in [-0.15, -0.1) is 0 Å². The number of amides is 1. The second kappa shape index (κ2) is 8.01. The average molecular weight is 423 g/mol. The number of nitrogens with zero attached hydrogens (tertiary/aromatic N) is 1. The largest absolute Gasteiger partial charge is 0.478 e. The average Bonchev–Trinajstić information content (AvgIpc) is 2.81. The van der Waals surface area contributed by atoms with Gasteiger partial charge in [0.15, 0.2) is 6.10 Å². The number of carbonyl (C=O) groups excluding carboxylic acids is 1. The van der Waals surface area contributed by atoms with Gasteiger partial charge < -0.3 is 10.1 Å². The topological polar surface area (TPSA) is 75.7 Å². The number of benzene rings is 2. The molecule has 1 amide bonds. The lowest BCUT2D eigenvalue weighted by Gasteiger charge is -2.21. The number of sulfonamides is 1. The standard InChI is InChI=1S/C20H23ClN2O4S/c1-13(2)14-4-7-16(8-5-14)22-20(24)19-10-11-23(28(3,25)26)17-12-15(21)6-9-18(17)27-19/h4-9,12-13,19H,10-11H2,1-3H3,(H,22,24)/t19-/m1/s1. The van der Waals surface area contributed by atoms with E-state index in [0.29, 0.717) is 28.1 Å². The highest BCUT2D eigenvalue weighted by atomic mass is 35.5. The Labute approximate surface area is 170 Å². The Balaban J connectivity index is 1.82. The summed E-state index contributed by atoms with van der Waals surface area (Å²) in [5, 5.41) is 3.24. The van der Waals surface area contributed by atoms with Crippen LogP contribution in [0.4, 0.5) is 11.4 Å². The van der Waals surface area contributed by atoms with Gasteiger partial charge in [-0.1, -0.05) is 37.6 Å². The summed E-state index contributed by atoms with van der Waals surface area (Å²) < 4.78 is 31.5. The van der Waals surface area contributed by atoms with Crippen LogP contribution in [0.3, 0.4) is 0 Å². The summed E-state index contributed by atoms with van der Waals surface area (Å²) in [7, 11) is -3.54. The number of rotatable bonds is 4. The molecule has 0 aromatic heterocycles. The van der Waals surface area contributed by atoms with Crippen molar-refractivity contribution in [3.63, 3.8) is 0 Å². The molecule has 8 heteroatoms. The fraction of sp³-hybridized carbons (Fsp3) is 0.350. The molecule has 1 atom stereocenters. The van der Waals surface area contributed by atoms with Gasteiger partial charge in [-0.25, -0.2) is 8.42 Å². The van der Waals surface area contributed by atoms with Gasteiger partial charge in [-0.3, -0.25) is 9.10 Å². The molecule has 2 aromatic rings. The van der Waals surface area contributed by atoms with Crippen molar-refractivity contribution in [1.29, 1.82) is 0 Å². The second-order valence-corrected chi connectivity index (χ2v) is 9.45. The third-order valence-corrected chi connectivity index (χ3v) is 6.01. The first-order chi connectivity index (χ1) is 13.1. The number of fused-ring (bicyclic) bond motifs is 1. The van der Waals surface area contributed by atoms with Gasteiger partial charge in [-0.2, -0.15) is 0 Å². The van der Waals surface area contributed by atoms with Gasteiger partial charge in [0.25, 0.3) is 5.91 Å². The van der Waals surface area contributed by atoms with E-state index in [4.69, 9.17) is 16.3 Å². The van der Waals surface area contributed by atoms with Crippen molar-refractivity contribution in [1.82, 2.24) is 0 Å². The minimum atomic E-state index is -3.54. The van der Waals surface area contributed by atoms with Crippen LogP contribution in [0.2, 0.25) is 5.02 Å². The van der Waals surface area contributed by atoms with Crippen molar-refractivity contribution in [2.75, 3.05) is 22.4 Å². The van der Waals surface area contributed by atoms with Crippen LogP contribution in [0.1, 0.15) is 31.7 Å². The molecule has 0 spiro atoms. The van der Waals surface area contributed by atoms with E-state index in [2.05, 4.69) is 19.2 Å². The van der Waals surface area contributed by atoms with Crippen molar-refractivity contribution in [2.24, 2.45) is 0 Å². The normalized spacial score (nSPS) is 16.9. The fourth-order valence-corrected chi connectivity index (χ4v) is 4.16. The maximum absolute atomic E-state index is 12.7. The molecule has 0 radical (unpaired) electrons. The van der Waals surface area contributed by atoms with E-state index < -0.39 is 16.1 Å². The molecule has 0 unspecified atom stereocenters. The SMILES string of the molecule is CC(C)c1ccc(NC(=O)[C@H]2CCN(S(C)(=O)=O)c3cc(Cl)ccc3O2)cc1. The first-order valence-corrected chi connectivity index (χ1v) is 11.2. The van der Waals surface area contributed by atoms with Crippen LogP contribution in [-0.4, -0.2) is 33.2 Å². The summed E-state index contributed by atoms with van der Waals surface area (Å²) in [6.45, 7) is 4.32. The fourth-order valence-electron chi connectivity index (χ4n) is 3.06. The van der Waals surface area contributed by atoms with Gasteiger partial charge in [0, 0.05) is 23.7 Å². The minimum Gasteiger partial charge on any atom is -0.478 e. The van der Waals surface area contributed by atoms with Crippen molar-refractivity contribution in [3.05, 3.63) is 53.1 Å². The van der Waals surface area contributed by atoms with Crippen molar-refractivity contribution >= 4 is 38.9 Å². The van der Waals surface area contributed by atoms with Crippen LogP contribution in [0.25, 0.3) is 0 Å². The van der Waals surface area contributed by atoms with Crippen LogP contribution >= 0.6 is 11.6 Å². The molecule has 6 nitrogen and oxygen atoms in total. The van der Waals surface area contributed by atoms with Gasteiger partial charge in [0.1, 0.15) is 5.75 Å². The first-order valence-electron chi connectivity index (χ1n) is 9.00. The molecule has 150 valence electrons. The zero-order chi connectivity index (χ0) is 20.5. The minimum absolute atomic E-state index is 0.122. The number of anilines is 2. The predicted octanol–water partition coefficient (Wildman–Crippen LogP) is 4.02. The highest BCUT2D eigenvalue weighted by molar-refractivity contribution is 7.92. The third kappa shape index (κ3) is 4.59. The maximum atomic E-state index is 12.7. The molecule has 0 aliphatic carbocycles. The molecule has 2 aromatic carbocycles. The molecule has 0 saturated carbocycles. The van der Waals surface area contributed by atoms with E-state index in [-0.39, 0.29) is 18.9 Å². The Morgan fingerprint density at radius 1 is 1.21 bits per heavy atom. The lowest BCUT2D eigenvalue weighted by Crippen LogP contribution is -2.35. The second-order valence-electron chi connectivity index (χ2n) is 7.11. The Kier molecular flexibility index (Phi) is 5.86. The molecule has 28 heavy (non-hydrogen) atoms. The quantitative estimate of drug-likeness (QED) is 0.807. The van der Waals surface area contributed by atoms with Crippen LogP contribution in [0.5, 0.6) is 5.75 Å². The molecule has 3 rings (SSSR count). The lowest BCUT2D eigenvalue weighted by molar-refractivity contribution is -0.122. The molecular weight excluding hydrogens is 400 g/mol. The van der Waals surface area contributed by atoms with Crippen LogP contribution in [-0.2, 0) is 14.8 Å². The summed E-state index contributed by atoms with van der Waals surface area (Å²) in [4.78, 5) is 12.7. The number of carbonyl (C=O) groups is 1. The van der Waals surface area contributed by atoms with Crippen molar-refractivity contribution < 1.29 is 17.9 Å². The van der Waals surface area contributed by atoms with Crippen LogP contribution in [0, 0.1) is 0 Å². The summed E-state index contributed by atoms with van der Waals surface area (Å²) in [6.07, 6.45) is 0.514. The number of hydrogen-bond acceptors (Lipinski definition) is 4. The highest BCUT2D eigenvalue weighted by Crippen LogP contribution is 2.36. The van der Waals surface area contributed by atoms with E-state index >= 15 is 0 Å². The Hall–Kier alpha value is -2.25. The van der Waals surface area contributed by atoms with Gasteiger partial charge in [0.05, 0.1) is 11.9 Å². The molecule has 1 aliphatic rings. The molecule has 1 N–H and O–H groups in total. The van der Waals surface area contributed by atoms with E-state index in [1.807, 2.05) is 24.3 Å². The molecule has 0 bridgehead atoms. The Morgan fingerprint density at radius 3 is 2.50 bits per heavy atom. The van der Waals surface area contributed by atoms with Crippen molar-refractivity contribution in [3.8, 4) is 5.75 Å². The number of hydrogen-bond donors (Lipinski definition) is 1. The molecule has 0 saturated heterocycles. The summed E-state index contributed by atoms with van der Waals surface area (Å²) in [5.74, 6) is 0.386. The van der Waals surface area contributed by atoms with Crippen LogP contribution < -0.4 is 14.4 Å². The molecule has 0 fully saturated rings. The van der Waals surface area contributed by atoms with E-state index in [0.717, 1.165) is 6.26 Å². The van der Waals surface area contributed by atoms with E-state index in [1.165, 1.54) is 15.9 Å². The number of nitrogens with one attached hydrogen (secondary N) is 1. The number of ether oxygens (including phenoxy) is 1. The summed E-state index contributed by atoms with van der Waals surface area (Å²) in [5.41, 5.74) is 2.18. The van der Waals surface area contributed by atoms with Crippen LogP contribution in [0.15, 0.2) is 42.5 Å². The van der Waals surface area contributed by atoms with Gasteiger partial charge in [-0.05, 0) is 41.8 Å². The van der Waals surface area contributed by atoms with Crippen molar-refractivity contribution in [2.45, 2.75) is 32.3 Å². The summed E-state index contributed by atoms with van der Waals surface area (Å²) >= 11 is 6.03. The Morgan fingerprint density at radius 2 is 1.89 bits per heavy atom. The smallest absolute Gasteiger partial charge is 0.265 e. The molecule has 1 heterocycles. The van der Waals surface area contributed by atoms with Gasteiger partial charge >= 0.3 is 0 Å². The molecule has 1 aliphatic heterocycles.